The van der Waals surface area contributed by atoms with Crippen molar-refractivity contribution in [2.45, 2.75) is 52.0 Å². The van der Waals surface area contributed by atoms with Gasteiger partial charge in [0.2, 0.25) is 0 Å². The van der Waals surface area contributed by atoms with Crippen molar-refractivity contribution in [3.8, 4) is 0 Å². The average Bonchev–Trinajstić information content (AvgIpc) is 2.80. The minimum absolute atomic E-state index is 0.319. The number of aryl methyl sites for hydroxylation is 2. The van der Waals surface area contributed by atoms with Crippen LogP contribution in [0.1, 0.15) is 54.8 Å². The summed E-state index contributed by atoms with van der Waals surface area (Å²) in [5.74, 6) is 6.63. The topological polar surface area (TPSA) is 38.0 Å². The lowest BCUT2D eigenvalue weighted by Gasteiger charge is -2.23. The van der Waals surface area contributed by atoms with Gasteiger partial charge >= 0.3 is 0 Å². The molecule has 1 saturated carbocycles. The summed E-state index contributed by atoms with van der Waals surface area (Å²) in [5.41, 5.74) is 7.14. The standard InChI is InChI=1S/C15H24N2/c1-11-6-5-7-12(2)15(11)14(17-16)10-13-8-3-4-9-13/h5-7,13-14,17H,3-4,8-10,16H2,1-2H3. The highest BCUT2D eigenvalue weighted by molar-refractivity contribution is 5.36. The Morgan fingerprint density at radius 3 is 2.35 bits per heavy atom. The Kier molecular flexibility index (Phi) is 4.19. The van der Waals surface area contributed by atoms with Gasteiger partial charge in [0.25, 0.3) is 0 Å². The fourth-order valence-electron chi connectivity index (χ4n) is 3.23. The van der Waals surface area contributed by atoms with Crippen molar-refractivity contribution in [3.63, 3.8) is 0 Å². The van der Waals surface area contributed by atoms with Crippen LogP contribution in [-0.2, 0) is 0 Å². The van der Waals surface area contributed by atoms with Crippen molar-refractivity contribution < 1.29 is 0 Å². The highest BCUT2D eigenvalue weighted by Crippen LogP contribution is 2.34. The van der Waals surface area contributed by atoms with Crippen LogP contribution in [-0.4, -0.2) is 0 Å². The van der Waals surface area contributed by atoms with Gasteiger partial charge in [0.05, 0.1) is 0 Å². The molecule has 17 heavy (non-hydrogen) atoms. The number of nitrogens with two attached hydrogens (primary N) is 1. The summed E-state index contributed by atoms with van der Waals surface area (Å²) in [5, 5.41) is 0. The molecule has 2 rings (SSSR count). The van der Waals surface area contributed by atoms with E-state index in [4.69, 9.17) is 5.84 Å². The largest absolute Gasteiger partial charge is 0.271 e. The van der Waals surface area contributed by atoms with Gasteiger partial charge in [-0.3, -0.25) is 11.3 Å². The Hall–Kier alpha value is -0.860. The van der Waals surface area contributed by atoms with Crippen molar-refractivity contribution in [3.05, 3.63) is 34.9 Å². The third kappa shape index (κ3) is 2.88. The van der Waals surface area contributed by atoms with Crippen LogP contribution in [0.5, 0.6) is 0 Å². The van der Waals surface area contributed by atoms with Crippen LogP contribution < -0.4 is 11.3 Å². The molecule has 94 valence electrons. The molecule has 0 radical (unpaired) electrons. The Bertz CT molecular complexity index is 347. The number of hydrazine groups is 1. The molecule has 1 aromatic carbocycles. The lowest BCUT2D eigenvalue weighted by atomic mass is 9.89. The second-order valence-corrected chi connectivity index (χ2v) is 5.41. The first-order valence-corrected chi connectivity index (χ1v) is 6.74. The van der Waals surface area contributed by atoms with Gasteiger partial charge in [0, 0.05) is 6.04 Å². The molecule has 0 heterocycles. The van der Waals surface area contributed by atoms with Crippen molar-refractivity contribution in [1.29, 1.82) is 0 Å². The molecule has 0 bridgehead atoms. The van der Waals surface area contributed by atoms with E-state index in [9.17, 15) is 0 Å². The predicted molar refractivity (Wildman–Crippen MR) is 72.6 cm³/mol. The SMILES string of the molecule is Cc1cccc(C)c1C(CC1CCCC1)NN. The highest BCUT2D eigenvalue weighted by atomic mass is 15.2. The highest BCUT2D eigenvalue weighted by Gasteiger charge is 2.22. The zero-order valence-corrected chi connectivity index (χ0v) is 11.0. The van der Waals surface area contributed by atoms with E-state index in [0.717, 1.165) is 5.92 Å². The number of nitrogens with one attached hydrogen (secondary N) is 1. The first kappa shape index (κ1) is 12.6. The molecule has 0 saturated heterocycles. The van der Waals surface area contributed by atoms with E-state index < -0.39 is 0 Å². The first-order valence-electron chi connectivity index (χ1n) is 6.74. The Balaban J connectivity index is 2.16. The molecular weight excluding hydrogens is 208 g/mol. The first-order chi connectivity index (χ1) is 8.22. The molecule has 0 amide bonds. The second kappa shape index (κ2) is 5.65. The summed E-state index contributed by atoms with van der Waals surface area (Å²) in [7, 11) is 0. The van der Waals surface area contributed by atoms with Gasteiger partial charge in [0.1, 0.15) is 0 Å². The van der Waals surface area contributed by atoms with Gasteiger partial charge in [-0.15, -0.1) is 0 Å². The molecule has 3 N–H and O–H groups in total. The molecule has 0 aromatic heterocycles. The van der Waals surface area contributed by atoms with Gasteiger partial charge in [0.15, 0.2) is 0 Å². The van der Waals surface area contributed by atoms with E-state index >= 15 is 0 Å². The minimum atomic E-state index is 0.319. The predicted octanol–water partition coefficient (Wildman–Crippen LogP) is 3.39. The van der Waals surface area contributed by atoms with E-state index in [1.807, 2.05) is 0 Å². The number of hydrogen-bond acceptors (Lipinski definition) is 2. The normalized spacial score (nSPS) is 18.5. The molecule has 1 fully saturated rings. The zero-order chi connectivity index (χ0) is 12.3. The third-order valence-electron chi connectivity index (χ3n) is 4.14. The molecule has 1 unspecified atom stereocenters. The second-order valence-electron chi connectivity index (χ2n) is 5.41. The maximum Gasteiger partial charge on any atom is 0.0467 e. The van der Waals surface area contributed by atoms with Gasteiger partial charge in [-0.05, 0) is 42.9 Å². The van der Waals surface area contributed by atoms with Gasteiger partial charge in [-0.1, -0.05) is 43.9 Å². The van der Waals surface area contributed by atoms with Crippen LogP contribution in [0.2, 0.25) is 0 Å². The van der Waals surface area contributed by atoms with E-state index in [1.165, 1.54) is 48.8 Å². The van der Waals surface area contributed by atoms with Crippen molar-refractivity contribution in [1.82, 2.24) is 5.43 Å². The van der Waals surface area contributed by atoms with Crippen LogP contribution in [0.4, 0.5) is 0 Å². The maximum absolute atomic E-state index is 5.77. The Morgan fingerprint density at radius 2 is 1.82 bits per heavy atom. The molecule has 2 heteroatoms. The smallest absolute Gasteiger partial charge is 0.0467 e. The van der Waals surface area contributed by atoms with Crippen molar-refractivity contribution >= 4 is 0 Å². The van der Waals surface area contributed by atoms with Crippen LogP contribution in [0, 0.1) is 19.8 Å². The van der Waals surface area contributed by atoms with Crippen molar-refractivity contribution in [2.75, 3.05) is 0 Å². The van der Waals surface area contributed by atoms with E-state index in [0.29, 0.717) is 6.04 Å². The van der Waals surface area contributed by atoms with Crippen LogP contribution in [0.15, 0.2) is 18.2 Å². The average molecular weight is 232 g/mol. The Labute approximate surface area is 105 Å². The Morgan fingerprint density at radius 1 is 1.24 bits per heavy atom. The quantitative estimate of drug-likeness (QED) is 0.617. The molecule has 1 aromatic rings. The number of rotatable bonds is 4. The summed E-state index contributed by atoms with van der Waals surface area (Å²) in [6.07, 6.45) is 6.73. The summed E-state index contributed by atoms with van der Waals surface area (Å²) in [6, 6.07) is 6.80. The molecular formula is C15H24N2. The number of benzene rings is 1. The monoisotopic (exact) mass is 232 g/mol. The summed E-state index contributed by atoms with van der Waals surface area (Å²) >= 11 is 0. The van der Waals surface area contributed by atoms with Gasteiger partial charge < -0.3 is 0 Å². The molecule has 0 spiro atoms. The van der Waals surface area contributed by atoms with E-state index in [2.05, 4.69) is 37.5 Å². The summed E-state index contributed by atoms with van der Waals surface area (Å²) < 4.78 is 0. The fourth-order valence-corrected chi connectivity index (χ4v) is 3.23. The lowest BCUT2D eigenvalue weighted by molar-refractivity contribution is 0.398. The van der Waals surface area contributed by atoms with Crippen molar-refractivity contribution in [2.24, 2.45) is 11.8 Å². The summed E-state index contributed by atoms with van der Waals surface area (Å²) in [4.78, 5) is 0. The van der Waals surface area contributed by atoms with Gasteiger partial charge in [-0.2, -0.15) is 0 Å². The van der Waals surface area contributed by atoms with Crippen LogP contribution in [0.3, 0.4) is 0 Å². The molecule has 0 aliphatic heterocycles. The zero-order valence-electron chi connectivity index (χ0n) is 11.0. The van der Waals surface area contributed by atoms with E-state index in [-0.39, 0.29) is 0 Å². The number of hydrogen-bond donors (Lipinski definition) is 2. The van der Waals surface area contributed by atoms with Gasteiger partial charge in [-0.25, -0.2) is 0 Å². The molecule has 1 aliphatic rings. The van der Waals surface area contributed by atoms with Crippen LogP contribution >= 0.6 is 0 Å². The third-order valence-corrected chi connectivity index (χ3v) is 4.14. The maximum atomic E-state index is 5.77. The van der Waals surface area contributed by atoms with Crippen LogP contribution in [0.25, 0.3) is 0 Å². The molecule has 2 nitrogen and oxygen atoms in total. The fraction of sp³-hybridized carbons (Fsp3) is 0.600. The molecule has 1 atom stereocenters. The summed E-state index contributed by atoms with van der Waals surface area (Å²) in [6.45, 7) is 4.36. The van der Waals surface area contributed by atoms with E-state index in [1.54, 1.807) is 0 Å². The molecule has 1 aliphatic carbocycles. The lowest BCUT2D eigenvalue weighted by Crippen LogP contribution is -2.30. The minimum Gasteiger partial charge on any atom is -0.271 e.